The van der Waals surface area contributed by atoms with E-state index < -0.39 is 11.8 Å². The van der Waals surface area contributed by atoms with Crippen LogP contribution in [0, 0.1) is 33.1 Å². The molecule has 0 spiro atoms. The number of aromatic nitrogens is 2. The van der Waals surface area contributed by atoms with E-state index in [1.165, 1.54) is 10.1 Å². The Bertz CT molecular complexity index is 1490. The number of aryl methyl sites for hydroxylation is 3. The van der Waals surface area contributed by atoms with E-state index in [2.05, 4.69) is 36.9 Å². The van der Waals surface area contributed by atoms with Gasteiger partial charge in [-0.05, 0) is 67.1 Å². The zero-order valence-corrected chi connectivity index (χ0v) is 21.5. The molecule has 0 aliphatic heterocycles. The molecule has 36 heavy (non-hydrogen) atoms. The minimum Gasteiger partial charge on any atom is -0.481 e. The number of ether oxygens (including phenoxy) is 1. The summed E-state index contributed by atoms with van der Waals surface area (Å²) < 4.78 is 7.20. The average molecular weight is 481 g/mol. The van der Waals surface area contributed by atoms with Crippen LogP contribution in [0.2, 0.25) is 0 Å². The van der Waals surface area contributed by atoms with Crippen molar-refractivity contribution in [3.63, 3.8) is 0 Å². The standard InChI is InChI=1S/C31H32N2O3/c1-7-14-36-25-12-13-27-26(17-25)30(24-10-8-23(9-11-24)19(2)3)32-31(35)33(27)18-28(34)29-21(5)15-20(4)16-22(29)6/h1,8-13,15-17,19,28,34H,14,18H2,2-6H3. The van der Waals surface area contributed by atoms with E-state index in [0.29, 0.717) is 22.9 Å². The SMILES string of the molecule is C#CCOc1ccc2c(c1)c(-c1ccc(C(C)C)cc1)nc(=O)n2CC(O)c1c(C)cc(C)cc1C. The molecule has 0 aliphatic carbocycles. The molecule has 0 bridgehead atoms. The van der Waals surface area contributed by atoms with Crippen molar-refractivity contribution < 1.29 is 9.84 Å². The Balaban J connectivity index is 1.86. The van der Waals surface area contributed by atoms with E-state index in [4.69, 9.17) is 11.2 Å². The minimum absolute atomic E-state index is 0.0875. The molecule has 0 radical (unpaired) electrons. The van der Waals surface area contributed by atoms with Crippen molar-refractivity contribution >= 4 is 10.9 Å². The first-order chi connectivity index (χ1) is 17.2. The van der Waals surface area contributed by atoms with Crippen molar-refractivity contribution in [2.45, 2.75) is 53.2 Å². The lowest BCUT2D eigenvalue weighted by molar-refractivity contribution is 0.155. The molecule has 5 nitrogen and oxygen atoms in total. The van der Waals surface area contributed by atoms with Gasteiger partial charge in [0.25, 0.3) is 0 Å². The lowest BCUT2D eigenvalue weighted by Gasteiger charge is -2.20. The molecule has 4 aromatic rings. The van der Waals surface area contributed by atoms with Gasteiger partial charge in [-0.2, -0.15) is 4.98 Å². The van der Waals surface area contributed by atoms with E-state index in [-0.39, 0.29) is 13.2 Å². The molecule has 4 rings (SSSR count). The smallest absolute Gasteiger partial charge is 0.348 e. The molecule has 1 aromatic heterocycles. The second-order valence-electron chi connectivity index (χ2n) is 9.63. The van der Waals surface area contributed by atoms with Crippen LogP contribution in [0.25, 0.3) is 22.2 Å². The Morgan fingerprint density at radius 2 is 1.69 bits per heavy atom. The number of fused-ring (bicyclic) bond motifs is 1. The molecule has 0 fully saturated rings. The lowest BCUT2D eigenvalue weighted by atomic mass is 9.95. The van der Waals surface area contributed by atoms with E-state index in [1.807, 2.05) is 57.2 Å². The molecule has 184 valence electrons. The van der Waals surface area contributed by atoms with Gasteiger partial charge in [0.05, 0.1) is 23.9 Å². The maximum Gasteiger partial charge on any atom is 0.348 e. The molecule has 5 heteroatoms. The first kappa shape index (κ1) is 25.2. The zero-order chi connectivity index (χ0) is 26.0. The second kappa shape index (κ2) is 10.4. The molecule has 3 aromatic carbocycles. The molecule has 1 atom stereocenters. The van der Waals surface area contributed by atoms with Gasteiger partial charge in [0, 0.05) is 10.9 Å². The van der Waals surface area contributed by atoms with Crippen molar-refractivity contribution in [1.82, 2.24) is 9.55 Å². The van der Waals surface area contributed by atoms with Crippen molar-refractivity contribution in [2.75, 3.05) is 6.61 Å². The first-order valence-electron chi connectivity index (χ1n) is 12.2. The third-order valence-corrected chi connectivity index (χ3v) is 6.55. The number of nitrogens with zero attached hydrogens (tertiary/aromatic N) is 2. The van der Waals surface area contributed by atoms with E-state index in [0.717, 1.165) is 33.2 Å². The van der Waals surface area contributed by atoms with E-state index >= 15 is 0 Å². The Kier molecular flexibility index (Phi) is 7.28. The normalized spacial score (nSPS) is 12.1. The highest BCUT2D eigenvalue weighted by Crippen LogP contribution is 2.31. The topological polar surface area (TPSA) is 64.3 Å². The van der Waals surface area contributed by atoms with E-state index in [9.17, 15) is 9.90 Å². The van der Waals surface area contributed by atoms with Gasteiger partial charge >= 0.3 is 5.69 Å². The molecular weight excluding hydrogens is 448 g/mol. The van der Waals surface area contributed by atoms with Crippen LogP contribution in [0.15, 0.2) is 59.4 Å². The van der Waals surface area contributed by atoms with Crippen molar-refractivity contribution in [3.05, 3.63) is 92.9 Å². The highest BCUT2D eigenvalue weighted by molar-refractivity contribution is 5.93. The predicted octanol–water partition coefficient (Wildman–Crippen LogP) is 5.86. The second-order valence-corrected chi connectivity index (χ2v) is 9.63. The minimum atomic E-state index is -0.859. The number of aliphatic hydroxyl groups excluding tert-OH is 1. The predicted molar refractivity (Wildman–Crippen MR) is 145 cm³/mol. The summed E-state index contributed by atoms with van der Waals surface area (Å²) in [6.45, 7) is 10.5. The van der Waals surface area contributed by atoms with Crippen LogP contribution in [0.3, 0.4) is 0 Å². The van der Waals surface area contributed by atoms with Gasteiger partial charge in [0.2, 0.25) is 0 Å². The van der Waals surface area contributed by atoms with Crippen LogP contribution in [-0.2, 0) is 6.54 Å². The van der Waals surface area contributed by atoms with Gasteiger partial charge < -0.3 is 9.84 Å². The summed E-state index contributed by atoms with van der Waals surface area (Å²) in [5.74, 6) is 3.47. The van der Waals surface area contributed by atoms with Crippen molar-refractivity contribution in [1.29, 1.82) is 0 Å². The fraction of sp³-hybridized carbons (Fsp3) is 0.290. The number of benzene rings is 3. The number of rotatable bonds is 7. The molecular formula is C31H32N2O3. The molecule has 1 unspecified atom stereocenters. The molecule has 0 saturated heterocycles. The summed E-state index contributed by atoms with van der Waals surface area (Å²) in [5, 5.41) is 12.0. The maximum absolute atomic E-state index is 13.3. The fourth-order valence-corrected chi connectivity index (χ4v) is 4.88. The van der Waals surface area contributed by atoms with Gasteiger partial charge in [-0.3, -0.25) is 4.57 Å². The quantitative estimate of drug-likeness (QED) is 0.337. The third kappa shape index (κ3) is 5.05. The molecule has 0 amide bonds. The number of terminal acetylenes is 1. The summed E-state index contributed by atoms with van der Waals surface area (Å²) in [6.07, 6.45) is 4.52. The van der Waals surface area contributed by atoms with Gasteiger partial charge in [-0.1, -0.05) is 61.7 Å². The number of aliphatic hydroxyl groups is 1. The third-order valence-electron chi connectivity index (χ3n) is 6.55. The average Bonchev–Trinajstić information content (AvgIpc) is 2.83. The van der Waals surface area contributed by atoms with Gasteiger partial charge in [0.15, 0.2) is 0 Å². The van der Waals surface area contributed by atoms with Crippen LogP contribution in [-0.4, -0.2) is 21.3 Å². The van der Waals surface area contributed by atoms with Crippen LogP contribution in [0.5, 0.6) is 5.75 Å². The molecule has 0 aliphatic rings. The number of hydrogen-bond donors (Lipinski definition) is 1. The van der Waals surface area contributed by atoms with Crippen LogP contribution in [0.4, 0.5) is 0 Å². The van der Waals surface area contributed by atoms with Crippen LogP contribution in [0.1, 0.15) is 53.7 Å². The highest BCUT2D eigenvalue weighted by atomic mass is 16.5. The Morgan fingerprint density at radius 3 is 2.31 bits per heavy atom. The summed E-state index contributed by atoms with van der Waals surface area (Å²) in [6, 6.07) is 17.7. The van der Waals surface area contributed by atoms with Gasteiger partial charge in [0.1, 0.15) is 12.4 Å². The molecule has 1 N–H and O–H groups in total. The summed E-state index contributed by atoms with van der Waals surface area (Å²) in [4.78, 5) is 17.8. The van der Waals surface area contributed by atoms with Crippen molar-refractivity contribution in [2.24, 2.45) is 0 Å². The first-order valence-corrected chi connectivity index (χ1v) is 12.2. The highest BCUT2D eigenvalue weighted by Gasteiger charge is 2.19. The van der Waals surface area contributed by atoms with Gasteiger partial charge in [-0.15, -0.1) is 6.42 Å². The fourth-order valence-electron chi connectivity index (χ4n) is 4.88. The lowest BCUT2D eigenvalue weighted by Crippen LogP contribution is -2.27. The Hall–Kier alpha value is -3.88. The molecule has 1 heterocycles. The maximum atomic E-state index is 13.3. The Morgan fingerprint density at radius 1 is 1.03 bits per heavy atom. The Labute approximate surface area is 212 Å². The van der Waals surface area contributed by atoms with Crippen LogP contribution < -0.4 is 10.4 Å². The zero-order valence-electron chi connectivity index (χ0n) is 21.5. The summed E-state index contributed by atoms with van der Waals surface area (Å²) in [5.41, 5.74) is 6.85. The summed E-state index contributed by atoms with van der Waals surface area (Å²) >= 11 is 0. The van der Waals surface area contributed by atoms with Crippen molar-refractivity contribution in [3.8, 4) is 29.4 Å². The molecule has 0 saturated carbocycles. The number of hydrogen-bond acceptors (Lipinski definition) is 4. The van der Waals surface area contributed by atoms with E-state index in [1.54, 1.807) is 6.07 Å². The largest absolute Gasteiger partial charge is 0.481 e. The monoisotopic (exact) mass is 480 g/mol. The summed E-state index contributed by atoms with van der Waals surface area (Å²) in [7, 11) is 0. The van der Waals surface area contributed by atoms with Gasteiger partial charge in [-0.25, -0.2) is 4.79 Å². The van der Waals surface area contributed by atoms with Crippen LogP contribution >= 0.6 is 0 Å².